The zero-order valence-electron chi connectivity index (χ0n) is 10.3. The number of alkyl halides is 1. The zero-order valence-corrected chi connectivity index (χ0v) is 11.1. The molecule has 5 heteroatoms. The van der Waals surface area contributed by atoms with Gasteiger partial charge in [0.25, 0.3) is 0 Å². The van der Waals surface area contributed by atoms with Crippen LogP contribution in [0.5, 0.6) is 0 Å². The lowest BCUT2D eigenvalue weighted by Gasteiger charge is -2.09. The largest absolute Gasteiger partial charge is 0.328 e. The van der Waals surface area contributed by atoms with Crippen LogP contribution in [0.3, 0.4) is 0 Å². The van der Waals surface area contributed by atoms with E-state index in [0.29, 0.717) is 11.9 Å². The number of aromatic nitrogens is 4. The van der Waals surface area contributed by atoms with E-state index in [1.807, 2.05) is 10.8 Å². The summed E-state index contributed by atoms with van der Waals surface area (Å²) in [6, 6.07) is 2.70. The molecule has 2 aromatic heterocycles. The lowest BCUT2D eigenvalue weighted by molar-refractivity contribution is 0.461. The predicted octanol–water partition coefficient (Wildman–Crippen LogP) is 2.98. The lowest BCUT2D eigenvalue weighted by atomic mass is 10.3. The summed E-state index contributed by atoms with van der Waals surface area (Å²) in [6.07, 6.45) is 11.0. The molecule has 0 N–H and O–H groups in total. The van der Waals surface area contributed by atoms with E-state index < -0.39 is 0 Å². The number of rotatable bonds is 4. The molecule has 0 amide bonds. The van der Waals surface area contributed by atoms with Crippen molar-refractivity contribution in [3.8, 4) is 0 Å². The van der Waals surface area contributed by atoms with Crippen LogP contribution in [0.2, 0.25) is 0 Å². The van der Waals surface area contributed by atoms with Gasteiger partial charge >= 0.3 is 0 Å². The topological polar surface area (TPSA) is 35.6 Å². The van der Waals surface area contributed by atoms with Crippen LogP contribution in [0.4, 0.5) is 0 Å². The van der Waals surface area contributed by atoms with Gasteiger partial charge in [0, 0.05) is 18.6 Å². The molecule has 18 heavy (non-hydrogen) atoms. The average Bonchev–Trinajstić information content (AvgIpc) is 3.10. The summed E-state index contributed by atoms with van der Waals surface area (Å²) in [5.74, 6) is 1.34. The Balaban J connectivity index is 1.73. The molecular formula is C13H17ClN4. The first-order chi connectivity index (χ1) is 8.86. The van der Waals surface area contributed by atoms with Crippen LogP contribution in [0.25, 0.3) is 0 Å². The molecule has 1 aliphatic carbocycles. The van der Waals surface area contributed by atoms with Crippen molar-refractivity contribution in [1.82, 2.24) is 19.3 Å². The van der Waals surface area contributed by atoms with E-state index in [2.05, 4.69) is 27.0 Å². The third-order valence-electron chi connectivity index (χ3n) is 3.62. The SMILES string of the molecule is ClCc1nccn1Cc1ccn(C2CCCC2)n1. The van der Waals surface area contributed by atoms with E-state index >= 15 is 0 Å². The molecule has 0 atom stereocenters. The van der Waals surface area contributed by atoms with Gasteiger partial charge in [0.1, 0.15) is 5.82 Å². The van der Waals surface area contributed by atoms with Gasteiger partial charge in [0.05, 0.1) is 24.2 Å². The van der Waals surface area contributed by atoms with E-state index in [1.54, 1.807) is 6.20 Å². The van der Waals surface area contributed by atoms with Gasteiger partial charge < -0.3 is 4.57 Å². The van der Waals surface area contributed by atoms with Crippen molar-refractivity contribution in [2.75, 3.05) is 0 Å². The van der Waals surface area contributed by atoms with Crippen molar-refractivity contribution in [3.63, 3.8) is 0 Å². The highest BCUT2D eigenvalue weighted by atomic mass is 35.5. The van der Waals surface area contributed by atoms with Gasteiger partial charge in [-0.15, -0.1) is 11.6 Å². The summed E-state index contributed by atoms with van der Waals surface area (Å²) >= 11 is 5.84. The second-order valence-corrected chi connectivity index (χ2v) is 5.10. The maximum atomic E-state index is 5.84. The number of hydrogen-bond acceptors (Lipinski definition) is 2. The first kappa shape index (κ1) is 11.8. The van der Waals surface area contributed by atoms with Crippen LogP contribution in [0.15, 0.2) is 24.7 Å². The minimum absolute atomic E-state index is 0.441. The van der Waals surface area contributed by atoms with Crippen LogP contribution in [-0.4, -0.2) is 19.3 Å². The number of nitrogens with zero attached hydrogens (tertiary/aromatic N) is 4. The summed E-state index contributed by atoms with van der Waals surface area (Å²) in [4.78, 5) is 4.21. The molecule has 1 saturated carbocycles. The van der Waals surface area contributed by atoms with Crippen LogP contribution < -0.4 is 0 Å². The molecule has 1 aliphatic rings. The third kappa shape index (κ3) is 2.29. The Kier molecular flexibility index (Phi) is 3.37. The van der Waals surface area contributed by atoms with E-state index in [9.17, 15) is 0 Å². The number of imidazole rings is 1. The fourth-order valence-corrected chi connectivity index (χ4v) is 2.85. The smallest absolute Gasteiger partial charge is 0.123 e. The molecular weight excluding hydrogens is 248 g/mol. The van der Waals surface area contributed by atoms with Crippen molar-refractivity contribution in [2.24, 2.45) is 0 Å². The van der Waals surface area contributed by atoms with Crippen LogP contribution in [0.1, 0.15) is 43.2 Å². The Bertz CT molecular complexity index is 511. The minimum Gasteiger partial charge on any atom is -0.328 e. The zero-order chi connectivity index (χ0) is 12.4. The molecule has 0 saturated heterocycles. The molecule has 2 aromatic rings. The Morgan fingerprint density at radius 1 is 1.28 bits per heavy atom. The molecule has 0 aliphatic heterocycles. The van der Waals surface area contributed by atoms with Gasteiger partial charge in [-0.3, -0.25) is 4.68 Å². The molecule has 96 valence electrons. The fourth-order valence-electron chi connectivity index (χ4n) is 2.62. The summed E-state index contributed by atoms with van der Waals surface area (Å²) in [7, 11) is 0. The first-order valence-corrected chi connectivity index (χ1v) is 7.00. The van der Waals surface area contributed by atoms with E-state index in [-0.39, 0.29) is 0 Å². The average molecular weight is 265 g/mol. The lowest BCUT2D eigenvalue weighted by Crippen LogP contribution is -2.08. The van der Waals surface area contributed by atoms with E-state index in [1.165, 1.54) is 25.7 Å². The molecule has 0 bridgehead atoms. The van der Waals surface area contributed by atoms with Crippen molar-refractivity contribution >= 4 is 11.6 Å². The van der Waals surface area contributed by atoms with Crippen LogP contribution >= 0.6 is 11.6 Å². The predicted molar refractivity (Wildman–Crippen MR) is 70.6 cm³/mol. The molecule has 0 radical (unpaired) electrons. The Hall–Kier alpha value is -1.29. The van der Waals surface area contributed by atoms with Crippen molar-refractivity contribution < 1.29 is 0 Å². The fraction of sp³-hybridized carbons (Fsp3) is 0.538. The second-order valence-electron chi connectivity index (χ2n) is 4.83. The maximum Gasteiger partial charge on any atom is 0.123 e. The normalized spacial score (nSPS) is 16.5. The van der Waals surface area contributed by atoms with Crippen LogP contribution in [-0.2, 0) is 12.4 Å². The molecule has 3 rings (SSSR count). The standard InChI is InChI=1S/C13H17ClN4/c14-9-13-15-6-8-17(13)10-11-5-7-18(16-11)12-3-1-2-4-12/h5-8,12H,1-4,9-10H2. The summed E-state index contributed by atoms with van der Waals surface area (Å²) in [5, 5.41) is 4.67. The van der Waals surface area contributed by atoms with Gasteiger partial charge in [-0.1, -0.05) is 12.8 Å². The van der Waals surface area contributed by atoms with Gasteiger partial charge in [-0.25, -0.2) is 4.98 Å². The Labute approximate surface area is 112 Å². The Morgan fingerprint density at radius 3 is 2.89 bits per heavy atom. The molecule has 0 unspecified atom stereocenters. The molecule has 0 spiro atoms. The van der Waals surface area contributed by atoms with Gasteiger partial charge in [-0.05, 0) is 18.9 Å². The second kappa shape index (κ2) is 5.14. The van der Waals surface area contributed by atoms with E-state index in [0.717, 1.165) is 18.1 Å². The molecule has 0 aromatic carbocycles. The molecule has 4 nitrogen and oxygen atoms in total. The van der Waals surface area contributed by atoms with Crippen LogP contribution in [0, 0.1) is 0 Å². The van der Waals surface area contributed by atoms with Crippen molar-refractivity contribution in [2.45, 2.75) is 44.1 Å². The van der Waals surface area contributed by atoms with Gasteiger partial charge in [0.2, 0.25) is 0 Å². The highest BCUT2D eigenvalue weighted by molar-refractivity contribution is 6.16. The monoisotopic (exact) mass is 264 g/mol. The number of halogens is 1. The highest BCUT2D eigenvalue weighted by Gasteiger charge is 2.17. The minimum atomic E-state index is 0.441. The Morgan fingerprint density at radius 2 is 2.11 bits per heavy atom. The molecule has 1 fully saturated rings. The first-order valence-electron chi connectivity index (χ1n) is 6.47. The molecule has 2 heterocycles. The summed E-state index contributed by atoms with van der Waals surface area (Å²) < 4.78 is 4.17. The third-order valence-corrected chi connectivity index (χ3v) is 3.86. The van der Waals surface area contributed by atoms with Gasteiger partial charge in [-0.2, -0.15) is 5.10 Å². The number of hydrogen-bond donors (Lipinski definition) is 0. The highest BCUT2D eigenvalue weighted by Crippen LogP contribution is 2.28. The van der Waals surface area contributed by atoms with E-state index in [4.69, 9.17) is 11.6 Å². The quantitative estimate of drug-likeness (QED) is 0.796. The summed E-state index contributed by atoms with van der Waals surface area (Å²) in [6.45, 7) is 0.752. The van der Waals surface area contributed by atoms with Gasteiger partial charge in [0.15, 0.2) is 0 Å². The summed E-state index contributed by atoms with van der Waals surface area (Å²) in [5.41, 5.74) is 1.08. The van der Waals surface area contributed by atoms with Crippen molar-refractivity contribution in [1.29, 1.82) is 0 Å². The maximum absolute atomic E-state index is 5.84. The van der Waals surface area contributed by atoms with Crippen molar-refractivity contribution in [3.05, 3.63) is 36.2 Å².